The first-order valence-electron chi connectivity index (χ1n) is 9.02. The molecule has 1 N–H and O–H groups in total. The summed E-state index contributed by atoms with van der Waals surface area (Å²) in [5.74, 6) is 0. The summed E-state index contributed by atoms with van der Waals surface area (Å²) in [6.45, 7) is 5.71. The van der Waals surface area contributed by atoms with E-state index in [4.69, 9.17) is 0 Å². The molecule has 1 aliphatic carbocycles. The number of aromatic amines is 1. The molecule has 0 amide bonds. The van der Waals surface area contributed by atoms with Crippen molar-refractivity contribution in [3.63, 3.8) is 0 Å². The average Bonchev–Trinajstić information content (AvgIpc) is 3.31. The predicted molar refractivity (Wildman–Crippen MR) is 111 cm³/mol. The molecule has 6 heteroatoms. The second-order valence-corrected chi connectivity index (χ2v) is 9.60. The fourth-order valence-electron chi connectivity index (χ4n) is 4.02. The Morgan fingerprint density at radius 1 is 1.19 bits per heavy atom. The van der Waals surface area contributed by atoms with E-state index >= 15 is 0 Å². The van der Waals surface area contributed by atoms with Gasteiger partial charge >= 0.3 is 0 Å². The number of H-pyrrole nitrogens is 1. The maximum atomic E-state index is 4.59. The molecular formula is C20H21BrN4S. The van der Waals surface area contributed by atoms with Gasteiger partial charge in [0, 0.05) is 61.2 Å². The molecule has 0 saturated carbocycles. The van der Waals surface area contributed by atoms with Crippen LogP contribution in [0.2, 0.25) is 0 Å². The Hall–Kier alpha value is -1.47. The van der Waals surface area contributed by atoms with Gasteiger partial charge in [0.15, 0.2) is 0 Å². The Kier molecular flexibility index (Phi) is 4.24. The number of thiophene rings is 1. The van der Waals surface area contributed by atoms with Gasteiger partial charge in [0.25, 0.3) is 0 Å². The van der Waals surface area contributed by atoms with Gasteiger partial charge in [-0.05, 0) is 40.2 Å². The zero-order valence-corrected chi connectivity index (χ0v) is 17.2. The Bertz CT molecular complexity index is 953. The number of nitrogens with one attached hydrogen (secondary N) is 1. The van der Waals surface area contributed by atoms with Crippen molar-refractivity contribution in [3.05, 3.63) is 50.1 Å². The molecule has 2 aromatic heterocycles. The highest BCUT2D eigenvalue weighted by Gasteiger charge is 2.26. The van der Waals surface area contributed by atoms with Crippen LogP contribution in [0.3, 0.4) is 0 Å². The minimum absolute atomic E-state index is 0.973. The Labute approximate surface area is 166 Å². The third-order valence-corrected chi connectivity index (χ3v) is 7.02. The second kappa shape index (κ2) is 6.60. The molecule has 26 heavy (non-hydrogen) atoms. The lowest BCUT2D eigenvalue weighted by atomic mass is 10.0. The van der Waals surface area contributed by atoms with Gasteiger partial charge < -0.3 is 4.90 Å². The van der Waals surface area contributed by atoms with Crippen LogP contribution in [0.5, 0.6) is 0 Å². The van der Waals surface area contributed by atoms with Crippen molar-refractivity contribution in [1.29, 1.82) is 0 Å². The molecule has 1 fully saturated rings. The summed E-state index contributed by atoms with van der Waals surface area (Å²) in [6.07, 6.45) is 0.973. The molecule has 2 aliphatic rings. The van der Waals surface area contributed by atoms with Gasteiger partial charge in [-0.15, -0.1) is 11.3 Å². The Morgan fingerprint density at radius 3 is 2.81 bits per heavy atom. The molecule has 3 aromatic rings. The van der Waals surface area contributed by atoms with E-state index in [0.717, 1.165) is 35.5 Å². The molecule has 4 nitrogen and oxygen atoms in total. The highest BCUT2D eigenvalue weighted by atomic mass is 79.9. The van der Waals surface area contributed by atoms with Gasteiger partial charge in [0.1, 0.15) is 0 Å². The largest absolute Gasteiger partial charge is 0.304 e. The van der Waals surface area contributed by atoms with Crippen LogP contribution in [0, 0.1) is 0 Å². The molecule has 1 saturated heterocycles. The quantitative estimate of drug-likeness (QED) is 0.530. The minimum atomic E-state index is 0.973. The predicted octanol–water partition coefficient (Wildman–Crippen LogP) is 4.22. The van der Waals surface area contributed by atoms with Crippen molar-refractivity contribution in [1.82, 2.24) is 20.0 Å². The van der Waals surface area contributed by atoms with Crippen molar-refractivity contribution in [2.75, 3.05) is 33.2 Å². The molecule has 0 unspecified atom stereocenters. The van der Waals surface area contributed by atoms with E-state index in [-0.39, 0.29) is 0 Å². The summed E-state index contributed by atoms with van der Waals surface area (Å²) in [4.78, 5) is 4.97. The first kappa shape index (κ1) is 16.7. The maximum Gasteiger partial charge on any atom is 0.0971 e. The molecule has 0 atom stereocenters. The minimum Gasteiger partial charge on any atom is -0.304 e. The number of piperazine rings is 1. The highest BCUT2D eigenvalue weighted by molar-refractivity contribution is 9.11. The van der Waals surface area contributed by atoms with Crippen LogP contribution in [0.15, 0.2) is 33.4 Å². The first-order valence-corrected chi connectivity index (χ1v) is 10.7. The lowest BCUT2D eigenvalue weighted by molar-refractivity contribution is 0.148. The number of fused-ring (bicyclic) bond motifs is 3. The van der Waals surface area contributed by atoms with Gasteiger partial charge in [-0.2, -0.15) is 5.10 Å². The van der Waals surface area contributed by atoms with E-state index in [9.17, 15) is 0 Å². The molecule has 3 heterocycles. The molecule has 1 aliphatic heterocycles. The van der Waals surface area contributed by atoms with Crippen molar-refractivity contribution in [3.8, 4) is 22.5 Å². The Morgan fingerprint density at radius 2 is 2.04 bits per heavy atom. The van der Waals surface area contributed by atoms with E-state index in [2.05, 4.69) is 72.6 Å². The number of likely N-dealkylation sites (N-methyl/N-ethyl adjacent to an activating group) is 1. The van der Waals surface area contributed by atoms with Crippen molar-refractivity contribution in [2.45, 2.75) is 13.0 Å². The summed E-state index contributed by atoms with van der Waals surface area (Å²) in [5, 5.41) is 10.0. The SMILES string of the molecule is CN1CCN(Cc2ccc3c(c2)Cc2c(-c4csc(Br)c4)n[nH]c2-3)CC1. The number of rotatable bonds is 3. The summed E-state index contributed by atoms with van der Waals surface area (Å²) in [7, 11) is 2.21. The highest BCUT2D eigenvalue weighted by Crippen LogP contribution is 2.41. The van der Waals surface area contributed by atoms with E-state index in [1.54, 1.807) is 11.3 Å². The normalized spacial score (nSPS) is 17.5. The summed E-state index contributed by atoms with van der Waals surface area (Å²) >= 11 is 5.27. The lowest BCUT2D eigenvalue weighted by Crippen LogP contribution is -2.43. The van der Waals surface area contributed by atoms with Gasteiger partial charge in [-0.25, -0.2) is 0 Å². The fourth-order valence-corrected chi connectivity index (χ4v) is 5.16. The van der Waals surface area contributed by atoms with Crippen LogP contribution in [0.4, 0.5) is 0 Å². The van der Waals surface area contributed by atoms with Crippen LogP contribution in [-0.2, 0) is 13.0 Å². The van der Waals surface area contributed by atoms with Gasteiger partial charge in [0.05, 0.1) is 15.2 Å². The zero-order chi connectivity index (χ0) is 17.7. The Balaban J connectivity index is 1.39. The molecule has 5 rings (SSSR count). The van der Waals surface area contributed by atoms with Gasteiger partial charge in [-0.3, -0.25) is 10.00 Å². The molecular weight excluding hydrogens is 408 g/mol. The van der Waals surface area contributed by atoms with Crippen LogP contribution in [-0.4, -0.2) is 53.2 Å². The smallest absolute Gasteiger partial charge is 0.0971 e. The molecule has 1 aromatic carbocycles. The topological polar surface area (TPSA) is 35.2 Å². The fraction of sp³-hybridized carbons (Fsp3) is 0.350. The third-order valence-electron chi connectivity index (χ3n) is 5.52. The molecule has 0 bridgehead atoms. The number of benzene rings is 1. The van der Waals surface area contributed by atoms with Crippen LogP contribution in [0.25, 0.3) is 22.5 Å². The van der Waals surface area contributed by atoms with E-state index in [0.29, 0.717) is 0 Å². The summed E-state index contributed by atoms with van der Waals surface area (Å²) in [5.41, 5.74) is 8.99. The van der Waals surface area contributed by atoms with Crippen molar-refractivity contribution >= 4 is 27.3 Å². The van der Waals surface area contributed by atoms with E-state index < -0.39 is 0 Å². The molecule has 0 radical (unpaired) electrons. The lowest BCUT2D eigenvalue weighted by Gasteiger charge is -2.32. The number of aromatic nitrogens is 2. The van der Waals surface area contributed by atoms with Crippen LogP contribution < -0.4 is 0 Å². The number of nitrogens with zero attached hydrogens (tertiary/aromatic N) is 3. The third kappa shape index (κ3) is 2.95. The van der Waals surface area contributed by atoms with Crippen LogP contribution in [0.1, 0.15) is 16.7 Å². The second-order valence-electron chi connectivity index (χ2n) is 7.31. The van der Waals surface area contributed by atoms with E-state index in [1.807, 2.05) is 0 Å². The standard InChI is InChI=1S/C20H21BrN4S/c1-24-4-6-25(7-5-24)11-13-2-3-16-14(8-13)9-17-19(22-23-20(16)17)15-10-18(21)26-12-15/h2-3,8,10,12H,4-7,9,11H2,1H3,(H,22,23). The summed E-state index contributed by atoms with van der Waals surface area (Å²) < 4.78 is 1.15. The van der Waals surface area contributed by atoms with Crippen molar-refractivity contribution < 1.29 is 0 Å². The number of hydrogen-bond donors (Lipinski definition) is 1. The van der Waals surface area contributed by atoms with Gasteiger partial charge in [0.2, 0.25) is 0 Å². The van der Waals surface area contributed by atoms with Gasteiger partial charge in [-0.1, -0.05) is 18.2 Å². The molecule has 134 valence electrons. The number of hydrogen-bond acceptors (Lipinski definition) is 4. The number of halogens is 1. The van der Waals surface area contributed by atoms with E-state index in [1.165, 1.54) is 46.6 Å². The van der Waals surface area contributed by atoms with Crippen LogP contribution >= 0.6 is 27.3 Å². The first-order chi connectivity index (χ1) is 12.7. The maximum absolute atomic E-state index is 4.59. The molecule has 0 spiro atoms. The van der Waals surface area contributed by atoms with Crippen molar-refractivity contribution in [2.24, 2.45) is 0 Å². The average molecular weight is 429 g/mol. The summed E-state index contributed by atoms with van der Waals surface area (Å²) in [6, 6.07) is 9.11. The zero-order valence-electron chi connectivity index (χ0n) is 14.8. The monoisotopic (exact) mass is 428 g/mol.